The van der Waals surface area contributed by atoms with Gasteiger partial charge in [-0.2, -0.15) is 20.1 Å². The number of halogens is 5. The molecule has 0 aliphatic heterocycles. The molecule has 0 saturated carbocycles. The van der Waals surface area contributed by atoms with Crippen LogP contribution in [0.5, 0.6) is 23.0 Å². The molecule has 0 amide bonds. The van der Waals surface area contributed by atoms with E-state index in [0.717, 1.165) is 27.8 Å². The minimum Gasteiger partial charge on any atom is -1.00 e. The Hall–Kier alpha value is -5.82. The fourth-order valence-electron chi connectivity index (χ4n) is 5.66. The summed E-state index contributed by atoms with van der Waals surface area (Å²) in [5, 5.41) is 63.3. The third-order valence-electron chi connectivity index (χ3n) is 8.91. The number of aromatic nitrogens is 16. The van der Waals surface area contributed by atoms with Crippen molar-refractivity contribution in [1.29, 1.82) is 5.26 Å². The zero-order valence-electron chi connectivity index (χ0n) is 48.5. The molecule has 25 nitrogen and oxygen atoms in total. The molecule has 0 aliphatic rings. The van der Waals surface area contributed by atoms with Gasteiger partial charge in [0.2, 0.25) is 26.7 Å². The van der Waals surface area contributed by atoms with Crippen molar-refractivity contribution >= 4 is 59.7 Å². The van der Waals surface area contributed by atoms with Gasteiger partial charge in [-0.25, -0.2) is 4.21 Å². The second-order valence-corrected chi connectivity index (χ2v) is 16.9. The summed E-state index contributed by atoms with van der Waals surface area (Å²) in [6.45, 7) is 1.30. The molecule has 2 N–H and O–H groups in total. The van der Waals surface area contributed by atoms with Crippen LogP contribution in [-0.2, 0) is 52.8 Å². The first-order valence-electron chi connectivity index (χ1n) is 23.9. The molecule has 89 heavy (non-hydrogen) atoms. The monoisotopic (exact) mass is 1460 g/mol. The number of nitrogens with one attached hydrogen (secondary N) is 1. The molecule has 0 spiro atoms. The Balaban J connectivity index is -0.000000156. The molecule has 0 fully saturated rings. The summed E-state index contributed by atoms with van der Waals surface area (Å²) in [6, 6.07) is 38.7. The van der Waals surface area contributed by atoms with Crippen LogP contribution in [0, 0.1) is 11.3 Å². The SMILES string of the molecule is C.C.C.C.C.CI.Cn1nnc(-c2cncc(O)c2)n1.Cn1nnc(-c2cncc(OCc3ccccc3)c2)n1.N#Cc1cncc(OCc2ccccc2)c1.O=CO[O-].O=S(Cl)Cl.[2H]CF.[2H]CF.[H-].[HH].[K+].[K+].c1ccc(COc2cncc(-c3nn[nH]n3)c2)cc1. The maximum absolute atomic E-state index is 9.96. The molecular formula is C56H74Cl2F2IK2N17O8S. The molecule has 7 aromatic heterocycles. The standard InChI is InChI=1S/C14H13N5O.C13H11N5O.C13H10N2O.C7H7N5O.2CH3F.CH3I.CH2O3.5CH4.Cl2OS.2K.H2.H/c1-19-17-14(16-18-19)12-7-13(9-15-8-12)20-10-11-5-3-2-4-6-11;1-2-4-10(5-3-1)9-19-12-6-11(7-14-8-12)13-15-17-18-16-13;14-7-12-6-13(9-15-8-12)16-10-11-4-2-1-3-5-11;1-12-10-7(9-11-12)5-2-6(13)4-8-3-5;3*1-2;2-1-4-3;;;;;;1-4(2)3;;;;/h2-9H,10H2,1H3;1-8H,9H2,(H,15,16,17,18);1-6,8-9H,10H2;2-4,13H,1H3;3*1H3;1,3H;5*1H4;;;;1H;/q;;;;;;;;;;;;;;2*+1;;-1/p-1/i;;;;2*1D;;;;;;;;;;;;. The fourth-order valence-corrected chi connectivity index (χ4v) is 5.66. The summed E-state index contributed by atoms with van der Waals surface area (Å²) in [5.41, 5.74) is 5.99. The van der Waals surface area contributed by atoms with Gasteiger partial charge in [-0.05, 0) is 55.5 Å². The van der Waals surface area contributed by atoms with Crippen LogP contribution in [0.15, 0.2) is 165 Å². The number of alkyl halides is 3. The number of H-pyrrole nitrogens is 1. The Labute approximate surface area is 634 Å². The maximum atomic E-state index is 9.96. The van der Waals surface area contributed by atoms with E-state index in [1.165, 1.54) is 28.1 Å². The van der Waals surface area contributed by atoms with E-state index in [0.29, 0.717) is 65.7 Å². The average molecular weight is 1460 g/mol. The Bertz CT molecular complexity index is 3400. The number of aromatic amines is 1. The molecule has 7 heterocycles. The Kier molecular flexibility index (Phi) is 60.2. The van der Waals surface area contributed by atoms with E-state index in [9.17, 15) is 8.78 Å². The van der Waals surface area contributed by atoms with Gasteiger partial charge in [-0.15, -0.1) is 30.6 Å². The van der Waals surface area contributed by atoms with Gasteiger partial charge in [0, 0.05) is 70.3 Å². The summed E-state index contributed by atoms with van der Waals surface area (Å²) in [5.74, 6) is 3.53. The van der Waals surface area contributed by atoms with Crippen molar-refractivity contribution in [2.75, 3.05) is 19.2 Å². The van der Waals surface area contributed by atoms with E-state index in [2.05, 4.69) is 120 Å². The number of aryl methyl sites for hydroxylation is 2. The zero-order chi connectivity index (χ0) is 61.6. The number of carbonyl (C=O) groups excluding carboxylic acids is 1. The van der Waals surface area contributed by atoms with Gasteiger partial charge in [0.1, 0.15) is 48.9 Å². The molecule has 0 saturated heterocycles. The maximum Gasteiger partial charge on any atom is 1.00 e. The van der Waals surface area contributed by atoms with Crippen molar-refractivity contribution in [3.63, 3.8) is 0 Å². The number of pyridine rings is 4. The first kappa shape index (κ1) is 89.6. The average Bonchev–Trinajstić information content (AvgIpc) is 3.07. The molecule has 0 radical (unpaired) electrons. The van der Waals surface area contributed by atoms with Gasteiger partial charge in [0.05, 0.1) is 61.5 Å². The summed E-state index contributed by atoms with van der Waals surface area (Å²) in [7, 11) is 8.75. The first-order valence-corrected chi connectivity index (χ1v) is 27.5. The van der Waals surface area contributed by atoms with Crippen molar-refractivity contribution in [2.24, 2.45) is 14.1 Å². The molecule has 3 aromatic carbocycles. The molecule has 0 unspecified atom stereocenters. The normalized spacial score (nSPS) is 8.87. The van der Waals surface area contributed by atoms with Crippen LogP contribution in [-0.4, -0.2) is 116 Å². The second kappa shape index (κ2) is 59.8. The smallest absolute Gasteiger partial charge is 1.00 e. The van der Waals surface area contributed by atoms with Crippen LogP contribution in [0.4, 0.5) is 8.78 Å². The van der Waals surface area contributed by atoms with E-state index in [-0.39, 0.29) is 155 Å². The van der Waals surface area contributed by atoms with Crippen molar-refractivity contribution in [3.8, 4) is 63.2 Å². The summed E-state index contributed by atoms with van der Waals surface area (Å²) >= 11 is 2.15. The van der Waals surface area contributed by atoms with Gasteiger partial charge in [-0.3, -0.25) is 33.5 Å². The number of nitrogens with zero attached hydrogens (tertiary/aromatic N) is 16. The number of ether oxygens (including phenoxy) is 3. The Morgan fingerprint density at radius 1 is 0.652 bits per heavy atom. The molecule has 33 heteroatoms. The Morgan fingerprint density at radius 3 is 1.30 bits per heavy atom. The van der Waals surface area contributed by atoms with Gasteiger partial charge in [0.25, 0.3) is 6.47 Å². The van der Waals surface area contributed by atoms with E-state index in [1.54, 1.807) is 57.3 Å². The predicted octanol–water partition coefficient (Wildman–Crippen LogP) is 5.45. The minimum absolute atomic E-state index is 0. The number of hydrogen-bond donors (Lipinski definition) is 2. The van der Waals surface area contributed by atoms with Crippen LogP contribution < -0.4 is 122 Å². The van der Waals surface area contributed by atoms with Crippen molar-refractivity contribution in [3.05, 3.63) is 187 Å². The molecule has 10 aromatic rings. The molecule has 0 atom stereocenters. The van der Waals surface area contributed by atoms with Crippen LogP contribution >= 0.6 is 44.0 Å². The third-order valence-corrected chi connectivity index (χ3v) is 8.91. The fraction of sp³-hybridized carbons (Fsp3) is 0.232. The van der Waals surface area contributed by atoms with E-state index in [4.69, 9.17) is 41.6 Å². The van der Waals surface area contributed by atoms with Crippen LogP contribution in [0.2, 0.25) is 0 Å². The van der Waals surface area contributed by atoms with Gasteiger partial charge < -0.3 is 30.9 Å². The Morgan fingerprint density at radius 2 is 0.989 bits per heavy atom. The topological polar surface area (TPSA) is 331 Å². The minimum atomic E-state index is -1.67. The second-order valence-electron chi connectivity index (χ2n) is 14.4. The molecule has 0 bridgehead atoms. The van der Waals surface area contributed by atoms with E-state index in [1.807, 2.05) is 114 Å². The van der Waals surface area contributed by atoms with Gasteiger partial charge in [0.15, 0.2) is 0 Å². The summed E-state index contributed by atoms with van der Waals surface area (Å²) in [6.07, 6.45) is 12.7. The number of aromatic hydroxyl groups is 1. The van der Waals surface area contributed by atoms with Crippen LogP contribution in [0.3, 0.4) is 0 Å². The van der Waals surface area contributed by atoms with Gasteiger partial charge >= 0.3 is 103 Å². The molecular weight excluding hydrogens is 1380 g/mol. The predicted molar refractivity (Wildman–Crippen MR) is 342 cm³/mol. The van der Waals surface area contributed by atoms with E-state index >= 15 is 0 Å². The number of carbonyl (C=O) groups is 1. The number of rotatable bonds is 13. The van der Waals surface area contributed by atoms with Crippen molar-refractivity contribution < 1.29 is 156 Å². The van der Waals surface area contributed by atoms with E-state index < -0.39 is 23.5 Å². The summed E-state index contributed by atoms with van der Waals surface area (Å²) in [4.78, 5) is 31.9. The van der Waals surface area contributed by atoms with Gasteiger partial charge in [-0.1, -0.05) is 151 Å². The van der Waals surface area contributed by atoms with Crippen molar-refractivity contribution in [1.82, 2.24) is 81.0 Å². The molecule has 474 valence electrons. The van der Waals surface area contributed by atoms with Crippen LogP contribution in [0.25, 0.3) is 34.2 Å². The van der Waals surface area contributed by atoms with Crippen LogP contribution in [0.1, 0.15) is 65.0 Å². The summed E-state index contributed by atoms with van der Waals surface area (Å²) < 4.78 is 57.0. The molecule has 10 rings (SSSR count). The number of tetrazole rings is 3. The molecule has 0 aliphatic carbocycles. The number of nitriles is 1. The number of hydrogen-bond acceptors (Lipinski definition) is 22. The number of benzene rings is 3. The quantitative estimate of drug-likeness (QED) is 0.0276. The largest absolute Gasteiger partial charge is 1.00 e. The first-order chi connectivity index (χ1) is 40.8. The zero-order valence-corrected chi connectivity index (χ0v) is 56.2. The van der Waals surface area contributed by atoms with Crippen molar-refractivity contribution in [2.45, 2.75) is 57.0 Å². The third kappa shape index (κ3) is 41.2.